The van der Waals surface area contributed by atoms with E-state index in [0.717, 1.165) is 37.4 Å². The van der Waals surface area contributed by atoms with Crippen LogP contribution in [0.5, 0.6) is 5.75 Å². The largest absolute Gasteiger partial charge is 0.497 e. The molecule has 1 saturated heterocycles. The van der Waals surface area contributed by atoms with Crippen molar-refractivity contribution >= 4 is 11.6 Å². The van der Waals surface area contributed by atoms with Gasteiger partial charge in [-0.2, -0.15) is 0 Å². The standard InChI is InChI=1S/C17H25N3O2/c1-21-15-5-2-4-14(10-15)20-16(18)19-12-13-6-9-22-17(11-13)7-3-8-17/h2,4-5,10,13H,3,6-9,11-12H2,1H3,(H3,18,19,20). The molecule has 2 fully saturated rings. The Kier molecular flexibility index (Phi) is 4.52. The van der Waals surface area contributed by atoms with Crippen LogP contribution < -0.4 is 15.8 Å². The number of hydrogen-bond acceptors (Lipinski definition) is 3. The van der Waals surface area contributed by atoms with E-state index in [9.17, 15) is 0 Å². The van der Waals surface area contributed by atoms with E-state index in [4.69, 9.17) is 15.2 Å². The Morgan fingerprint density at radius 1 is 1.50 bits per heavy atom. The molecule has 1 spiro atoms. The van der Waals surface area contributed by atoms with E-state index < -0.39 is 0 Å². The number of guanidine groups is 1. The van der Waals surface area contributed by atoms with Crippen LogP contribution in [-0.2, 0) is 4.74 Å². The minimum atomic E-state index is 0.174. The number of anilines is 1. The first kappa shape index (κ1) is 15.2. The van der Waals surface area contributed by atoms with Crippen molar-refractivity contribution in [1.29, 1.82) is 0 Å². The van der Waals surface area contributed by atoms with Gasteiger partial charge in [0.1, 0.15) is 5.75 Å². The van der Waals surface area contributed by atoms with Crippen molar-refractivity contribution in [3.63, 3.8) is 0 Å². The lowest BCUT2D eigenvalue weighted by molar-refractivity contribution is -0.141. The van der Waals surface area contributed by atoms with Crippen LogP contribution in [0.25, 0.3) is 0 Å². The van der Waals surface area contributed by atoms with E-state index in [0.29, 0.717) is 11.9 Å². The third-order valence-corrected chi connectivity index (χ3v) is 4.72. The number of rotatable bonds is 4. The highest BCUT2D eigenvalue weighted by atomic mass is 16.5. The zero-order valence-electron chi connectivity index (χ0n) is 13.2. The maximum Gasteiger partial charge on any atom is 0.193 e. The van der Waals surface area contributed by atoms with Gasteiger partial charge in [0.05, 0.1) is 12.7 Å². The molecule has 1 saturated carbocycles. The van der Waals surface area contributed by atoms with Gasteiger partial charge in [0.15, 0.2) is 5.96 Å². The first-order chi connectivity index (χ1) is 10.7. The molecule has 0 radical (unpaired) electrons. The minimum Gasteiger partial charge on any atom is -0.497 e. The number of methoxy groups -OCH3 is 1. The van der Waals surface area contributed by atoms with Gasteiger partial charge in [-0.1, -0.05) is 6.07 Å². The summed E-state index contributed by atoms with van der Waals surface area (Å²) in [6, 6.07) is 7.68. The van der Waals surface area contributed by atoms with Crippen molar-refractivity contribution in [3.05, 3.63) is 24.3 Å². The molecule has 1 aromatic carbocycles. The van der Waals surface area contributed by atoms with E-state index in [1.54, 1.807) is 7.11 Å². The summed E-state index contributed by atoms with van der Waals surface area (Å²) in [5.74, 6) is 1.84. The lowest BCUT2D eigenvalue weighted by Crippen LogP contribution is -2.46. The van der Waals surface area contributed by atoms with Gasteiger partial charge in [0.2, 0.25) is 0 Å². The molecule has 1 unspecified atom stereocenters. The van der Waals surface area contributed by atoms with Gasteiger partial charge < -0.3 is 20.5 Å². The molecule has 5 nitrogen and oxygen atoms in total. The van der Waals surface area contributed by atoms with Gasteiger partial charge in [0, 0.05) is 24.9 Å². The van der Waals surface area contributed by atoms with Gasteiger partial charge in [-0.3, -0.25) is 4.99 Å². The number of hydrogen-bond donors (Lipinski definition) is 2. The van der Waals surface area contributed by atoms with Crippen molar-refractivity contribution < 1.29 is 9.47 Å². The van der Waals surface area contributed by atoms with Gasteiger partial charge in [-0.15, -0.1) is 0 Å². The summed E-state index contributed by atoms with van der Waals surface area (Å²) < 4.78 is 11.1. The first-order valence-electron chi connectivity index (χ1n) is 8.04. The first-order valence-corrected chi connectivity index (χ1v) is 8.04. The zero-order chi connectivity index (χ0) is 15.4. The second-order valence-electron chi connectivity index (χ2n) is 6.33. The van der Waals surface area contributed by atoms with Crippen molar-refractivity contribution in [3.8, 4) is 5.75 Å². The quantitative estimate of drug-likeness (QED) is 0.663. The van der Waals surface area contributed by atoms with Crippen LogP contribution in [0.1, 0.15) is 32.1 Å². The van der Waals surface area contributed by atoms with E-state index in [1.165, 1.54) is 19.3 Å². The monoisotopic (exact) mass is 303 g/mol. The van der Waals surface area contributed by atoms with Crippen LogP contribution in [0.3, 0.4) is 0 Å². The van der Waals surface area contributed by atoms with Crippen LogP contribution in [0, 0.1) is 5.92 Å². The lowest BCUT2D eigenvalue weighted by Gasteiger charge is -2.47. The van der Waals surface area contributed by atoms with E-state index in [-0.39, 0.29) is 5.60 Å². The van der Waals surface area contributed by atoms with Gasteiger partial charge >= 0.3 is 0 Å². The number of benzene rings is 1. The molecule has 1 atom stereocenters. The molecular weight excluding hydrogens is 278 g/mol. The fraction of sp³-hybridized carbons (Fsp3) is 0.588. The molecular formula is C17H25N3O2. The topological polar surface area (TPSA) is 68.9 Å². The van der Waals surface area contributed by atoms with Crippen molar-refractivity contribution in [2.24, 2.45) is 16.6 Å². The molecule has 5 heteroatoms. The van der Waals surface area contributed by atoms with Gasteiger partial charge in [0.25, 0.3) is 0 Å². The summed E-state index contributed by atoms with van der Waals surface area (Å²) in [6.07, 6.45) is 5.94. The van der Waals surface area contributed by atoms with Gasteiger partial charge in [-0.05, 0) is 50.2 Å². The SMILES string of the molecule is COc1cccc(NC(N)=NCC2CCOC3(CCC3)C2)c1. The fourth-order valence-corrected chi connectivity index (χ4v) is 3.32. The van der Waals surface area contributed by atoms with Crippen molar-refractivity contribution in [1.82, 2.24) is 0 Å². The van der Waals surface area contributed by atoms with E-state index in [1.807, 2.05) is 24.3 Å². The second-order valence-corrected chi connectivity index (χ2v) is 6.33. The average molecular weight is 303 g/mol. The maximum absolute atomic E-state index is 6.00. The highest BCUT2D eigenvalue weighted by molar-refractivity contribution is 5.92. The summed E-state index contributed by atoms with van der Waals surface area (Å²) in [6.45, 7) is 1.64. The molecule has 120 valence electrons. The molecule has 0 aromatic heterocycles. The third-order valence-electron chi connectivity index (χ3n) is 4.72. The normalized spacial score (nSPS) is 23.9. The van der Waals surface area contributed by atoms with Crippen LogP contribution in [0.2, 0.25) is 0 Å². The Bertz CT molecular complexity index is 540. The third kappa shape index (κ3) is 3.53. The molecule has 3 rings (SSSR count). The van der Waals surface area contributed by atoms with Crippen LogP contribution in [-0.4, -0.2) is 31.8 Å². The van der Waals surface area contributed by atoms with Crippen LogP contribution >= 0.6 is 0 Å². The Balaban J connectivity index is 1.53. The maximum atomic E-state index is 6.00. The fourth-order valence-electron chi connectivity index (χ4n) is 3.32. The smallest absolute Gasteiger partial charge is 0.193 e. The molecule has 22 heavy (non-hydrogen) atoms. The Morgan fingerprint density at radius 3 is 3.09 bits per heavy atom. The predicted octanol–water partition coefficient (Wildman–Crippen LogP) is 2.77. The van der Waals surface area contributed by atoms with Gasteiger partial charge in [-0.25, -0.2) is 0 Å². The highest BCUT2D eigenvalue weighted by Gasteiger charge is 2.42. The Hall–Kier alpha value is -1.75. The highest BCUT2D eigenvalue weighted by Crippen LogP contribution is 2.44. The van der Waals surface area contributed by atoms with E-state index in [2.05, 4.69) is 10.3 Å². The zero-order valence-corrected chi connectivity index (χ0v) is 13.2. The molecule has 1 aliphatic heterocycles. The summed E-state index contributed by atoms with van der Waals surface area (Å²) in [4.78, 5) is 4.51. The molecule has 3 N–H and O–H groups in total. The second kappa shape index (κ2) is 6.57. The summed E-state index contributed by atoms with van der Waals surface area (Å²) in [5.41, 5.74) is 7.06. The molecule has 1 heterocycles. The van der Waals surface area contributed by atoms with E-state index >= 15 is 0 Å². The average Bonchev–Trinajstić information content (AvgIpc) is 2.52. The molecule has 0 amide bonds. The summed E-state index contributed by atoms with van der Waals surface area (Å²) in [5, 5.41) is 3.12. The number of nitrogens with two attached hydrogens (primary N) is 1. The Morgan fingerprint density at radius 2 is 2.36 bits per heavy atom. The number of ether oxygens (including phenoxy) is 2. The van der Waals surface area contributed by atoms with Crippen LogP contribution in [0.4, 0.5) is 5.69 Å². The van der Waals surface area contributed by atoms with Crippen molar-refractivity contribution in [2.75, 3.05) is 25.6 Å². The molecule has 0 bridgehead atoms. The number of nitrogens with zero attached hydrogens (tertiary/aromatic N) is 1. The van der Waals surface area contributed by atoms with Crippen LogP contribution in [0.15, 0.2) is 29.3 Å². The molecule has 2 aliphatic rings. The Labute approximate surface area is 131 Å². The number of aliphatic imine (C=N–C) groups is 1. The minimum absolute atomic E-state index is 0.174. The molecule has 1 aromatic rings. The van der Waals surface area contributed by atoms with Crippen molar-refractivity contribution in [2.45, 2.75) is 37.7 Å². The predicted molar refractivity (Wildman–Crippen MR) is 88.4 cm³/mol. The summed E-state index contributed by atoms with van der Waals surface area (Å²) >= 11 is 0. The molecule has 1 aliphatic carbocycles. The lowest BCUT2D eigenvalue weighted by atomic mass is 9.72. The number of nitrogens with one attached hydrogen (secondary N) is 1. The summed E-state index contributed by atoms with van der Waals surface area (Å²) in [7, 11) is 1.65.